The lowest BCUT2D eigenvalue weighted by Crippen LogP contribution is -2.61. The van der Waals surface area contributed by atoms with Gasteiger partial charge in [0.15, 0.2) is 15.0 Å². The zero-order valence-corrected chi connectivity index (χ0v) is 21.1. The van der Waals surface area contributed by atoms with E-state index in [1.165, 1.54) is 0 Å². The summed E-state index contributed by atoms with van der Waals surface area (Å²) in [5.41, 5.74) is 6.95. The van der Waals surface area contributed by atoms with Crippen LogP contribution in [0, 0.1) is 33.5 Å². The summed E-state index contributed by atoms with van der Waals surface area (Å²) in [7, 11) is 0. The molecule has 3 N–H and O–H groups in total. The van der Waals surface area contributed by atoms with Gasteiger partial charge in [-0.25, -0.2) is 4.99 Å². The third kappa shape index (κ3) is 3.42. The van der Waals surface area contributed by atoms with Crippen molar-refractivity contribution >= 4 is 29.4 Å². The van der Waals surface area contributed by atoms with Gasteiger partial charge in [0.25, 0.3) is 0 Å². The molecule has 2 aliphatic heterocycles. The monoisotopic (exact) mass is 467 g/mol. The van der Waals surface area contributed by atoms with E-state index in [9.17, 15) is 10.5 Å². The molecule has 0 aliphatic carbocycles. The van der Waals surface area contributed by atoms with E-state index in [0.29, 0.717) is 0 Å². The Labute approximate surface area is 200 Å². The van der Waals surface area contributed by atoms with Crippen molar-refractivity contribution in [3.05, 3.63) is 47.2 Å². The summed E-state index contributed by atoms with van der Waals surface area (Å²) in [6, 6.07) is 14.6. The minimum atomic E-state index is -1.30. The van der Waals surface area contributed by atoms with Crippen LogP contribution in [0.4, 0.5) is 0 Å². The van der Waals surface area contributed by atoms with Crippen molar-refractivity contribution in [1.29, 1.82) is 10.5 Å². The molecule has 1 aromatic carbocycles. The zero-order valence-electron chi connectivity index (χ0n) is 19.4. The summed E-state index contributed by atoms with van der Waals surface area (Å²) in [5, 5.41) is 25.3. The fourth-order valence-corrected chi connectivity index (χ4v) is 8.57. The summed E-state index contributed by atoms with van der Waals surface area (Å²) in [6.07, 6.45) is 4.18. The molecular formula is C25H33N5S2. The van der Waals surface area contributed by atoms with Crippen LogP contribution in [0.2, 0.25) is 0 Å². The average Bonchev–Trinajstić information content (AvgIpc) is 3.03. The number of nitrogens with two attached hydrogens (primary N) is 1. The highest BCUT2D eigenvalue weighted by molar-refractivity contribution is 8.18. The smallest absolute Gasteiger partial charge is 0.178 e. The highest BCUT2D eigenvalue weighted by Gasteiger charge is 2.76. The second kappa shape index (κ2) is 9.81. The first-order chi connectivity index (χ1) is 15.4. The molecule has 0 amide bonds. The van der Waals surface area contributed by atoms with E-state index in [0.717, 1.165) is 54.0 Å². The van der Waals surface area contributed by atoms with Crippen molar-refractivity contribution in [2.24, 2.45) is 21.6 Å². The molecule has 7 heteroatoms. The van der Waals surface area contributed by atoms with Crippen LogP contribution in [0.3, 0.4) is 0 Å². The zero-order chi connectivity index (χ0) is 23.4. The Morgan fingerprint density at radius 1 is 1.03 bits per heavy atom. The summed E-state index contributed by atoms with van der Waals surface area (Å²) >= 11 is 3.39. The summed E-state index contributed by atoms with van der Waals surface area (Å²) in [4.78, 5) is 5.06. The van der Waals surface area contributed by atoms with Gasteiger partial charge in [-0.2, -0.15) is 10.5 Å². The molecule has 0 spiro atoms. The molecule has 3 atom stereocenters. The van der Waals surface area contributed by atoms with Crippen LogP contribution >= 0.6 is 23.5 Å². The third-order valence-electron chi connectivity index (χ3n) is 6.72. The number of aliphatic imine (C=N–C) groups is 1. The minimum absolute atomic E-state index is 0.266. The first-order valence-corrected chi connectivity index (χ1v) is 13.3. The van der Waals surface area contributed by atoms with Crippen molar-refractivity contribution < 1.29 is 0 Å². The van der Waals surface area contributed by atoms with Gasteiger partial charge in [0.2, 0.25) is 0 Å². The Morgan fingerprint density at radius 2 is 1.62 bits per heavy atom. The van der Waals surface area contributed by atoms with Gasteiger partial charge in [-0.1, -0.05) is 57.0 Å². The molecule has 2 heterocycles. The SMILES string of the molecule is CCCCSC1(SCCCC)N=C(N)[C@@]2(C#N)[C@@H](c3ccccc3)NC(C)=C(C)[C@@]12C#N. The molecule has 0 bridgehead atoms. The van der Waals surface area contributed by atoms with E-state index in [4.69, 9.17) is 10.7 Å². The third-order valence-corrected chi connectivity index (χ3v) is 9.99. The highest BCUT2D eigenvalue weighted by atomic mass is 32.2. The number of nitrogens with zero attached hydrogens (tertiary/aromatic N) is 3. The predicted molar refractivity (Wildman–Crippen MR) is 136 cm³/mol. The summed E-state index contributed by atoms with van der Waals surface area (Å²) in [6.45, 7) is 8.30. The molecular weight excluding hydrogens is 434 g/mol. The van der Waals surface area contributed by atoms with Gasteiger partial charge in [-0.15, -0.1) is 23.5 Å². The number of nitrogens with one attached hydrogen (secondary N) is 1. The maximum absolute atomic E-state index is 10.9. The van der Waals surface area contributed by atoms with Crippen LogP contribution in [0.5, 0.6) is 0 Å². The molecule has 5 nitrogen and oxygen atoms in total. The average molecular weight is 468 g/mol. The summed E-state index contributed by atoms with van der Waals surface area (Å²) < 4.78 is -0.855. The molecule has 3 rings (SSSR count). The normalized spacial score (nSPS) is 28.3. The van der Waals surface area contributed by atoms with Gasteiger partial charge in [-0.3, -0.25) is 0 Å². The number of amidine groups is 1. The van der Waals surface area contributed by atoms with Crippen LogP contribution in [-0.2, 0) is 0 Å². The number of hydrogen-bond donors (Lipinski definition) is 2. The van der Waals surface area contributed by atoms with Gasteiger partial charge in [0.05, 0.1) is 18.2 Å². The topological polar surface area (TPSA) is 98.0 Å². The lowest BCUT2D eigenvalue weighted by Gasteiger charge is -2.52. The molecule has 0 saturated carbocycles. The van der Waals surface area contributed by atoms with Crippen molar-refractivity contribution in [2.45, 2.75) is 63.6 Å². The standard InChI is InChI=1S/C25H33N5S2/c1-5-7-14-31-25(32-15-8-6-2)24(17-27)18(3)19(4)29-21(20-12-10-9-11-13-20)23(24,16-26)22(28)30-25/h9-13,21,29H,5-8,14-15H2,1-4H3,(H2,28,30)/t21-,23-,24-/m1/s1. The molecule has 2 aliphatic rings. The number of nitriles is 2. The Bertz CT molecular complexity index is 964. The Kier molecular flexibility index (Phi) is 7.53. The van der Waals surface area contributed by atoms with Crippen molar-refractivity contribution in [1.82, 2.24) is 5.32 Å². The number of hydrogen-bond acceptors (Lipinski definition) is 7. The number of allylic oxidation sites excluding steroid dienone is 1. The molecule has 0 unspecified atom stereocenters. The van der Waals surface area contributed by atoms with E-state index in [-0.39, 0.29) is 5.84 Å². The quantitative estimate of drug-likeness (QED) is 0.355. The fraction of sp³-hybridized carbons (Fsp3) is 0.560. The Balaban J connectivity index is 2.30. The second-order valence-electron chi connectivity index (χ2n) is 8.50. The van der Waals surface area contributed by atoms with Crippen LogP contribution in [0.25, 0.3) is 0 Å². The van der Waals surface area contributed by atoms with Crippen molar-refractivity contribution in [2.75, 3.05) is 11.5 Å². The van der Waals surface area contributed by atoms with Crippen LogP contribution < -0.4 is 11.1 Å². The van der Waals surface area contributed by atoms with Gasteiger partial charge < -0.3 is 11.1 Å². The number of unbranched alkanes of at least 4 members (excludes halogenated alkanes) is 2. The van der Waals surface area contributed by atoms with Crippen LogP contribution in [0.1, 0.15) is 65.0 Å². The van der Waals surface area contributed by atoms with E-state index >= 15 is 0 Å². The Hall–Kier alpha value is -2.09. The molecule has 170 valence electrons. The van der Waals surface area contributed by atoms with E-state index < -0.39 is 21.1 Å². The molecule has 0 radical (unpaired) electrons. The van der Waals surface area contributed by atoms with E-state index in [1.54, 1.807) is 23.5 Å². The fourth-order valence-electron chi connectivity index (χ4n) is 4.84. The molecule has 0 fully saturated rings. The second-order valence-corrected chi connectivity index (χ2v) is 11.3. The highest BCUT2D eigenvalue weighted by Crippen LogP contribution is 2.71. The lowest BCUT2D eigenvalue weighted by molar-refractivity contribution is 0.200. The lowest BCUT2D eigenvalue weighted by atomic mass is 9.55. The Morgan fingerprint density at radius 3 is 2.12 bits per heavy atom. The first-order valence-electron chi connectivity index (χ1n) is 11.4. The molecule has 0 aromatic heterocycles. The number of benzene rings is 1. The van der Waals surface area contributed by atoms with E-state index in [2.05, 4.69) is 31.3 Å². The molecule has 32 heavy (non-hydrogen) atoms. The number of thioether (sulfide) groups is 2. The van der Waals surface area contributed by atoms with Gasteiger partial charge in [0, 0.05) is 5.70 Å². The van der Waals surface area contributed by atoms with Crippen molar-refractivity contribution in [3.8, 4) is 12.1 Å². The molecule has 0 saturated heterocycles. The van der Waals surface area contributed by atoms with Crippen LogP contribution in [0.15, 0.2) is 46.6 Å². The number of fused-ring (bicyclic) bond motifs is 1. The first kappa shape index (κ1) is 24.6. The largest absolute Gasteiger partial charge is 0.386 e. The molecule has 1 aromatic rings. The maximum Gasteiger partial charge on any atom is 0.178 e. The van der Waals surface area contributed by atoms with Gasteiger partial charge in [-0.05, 0) is 49.3 Å². The van der Waals surface area contributed by atoms with Crippen molar-refractivity contribution in [3.63, 3.8) is 0 Å². The van der Waals surface area contributed by atoms with Gasteiger partial charge >= 0.3 is 0 Å². The van der Waals surface area contributed by atoms with E-state index in [1.807, 2.05) is 44.2 Å². The summed E-state index contributed by atoms with van der Waals surface area (Å²) in [5.74, 6) is 2.00. The maximum atomic E-state index is 10.9. The van der Waals surface area contributed by atoms with Crippen LogP contribution in [-0.4, -0.2) is 21.5 Å². The predicted octanol–water partition coefficient (Wildman–Crippen LogP) is 5.74. The van der Waals surface area contributed by atoms with Gasteiger partial charge in [0.1, 0.15) is 5.84 Å². The number of rotatable bonds is 9. The minimum Gasteiger partial charge on any atom is -0.386 e.